The normalized spacial score (nSPS) is 10.6. The fourth-order valence-corrected chi connectivity index (χ4v) is 1.60. The van der Waals surface area contributed by atoms with Crippen LogP contribution in [-0.4, -0.2) is 27.6 Å². The molecule has 18 heavy (non-hydrogen) atoms. The Kier molecular flexibility index (Phi) is 3.82. The largest absolute Gasteiger partial charge is 0.349 e. The fourth-order valence-electron chi connectivity index (χ4n) is 1.60. The molecule has 0 aliphatic rings. The van der Waals surface area contributed by atoms with Crippen molar-refractivity contribution in [3.05, 3.63) is 29.6 Å². The van der Waals surface area contributed by atoms with E-state index in [0.29, 0.717) is 17.6 Å². The van der Waals surface area contributed by atoms with Gasteiger partial charge in [0.25, 0.3) is 5.91 Å². The second-order valence-corrected chi connectivity index (χ2v) is 4.24. The summed E-state index contributed by atoms with van der Waals surface area (Å²) in [7, 11) is 0. The standard InChI is InChI=1S/C13H16N4O/c1-3-4-7-14-13(18)12-15-11-8-9(2)5-6-10(11)16-17-12/h5-6,8H,3-4,7H2,1-2H3,(H,14,18). The minimum absolute atomic E-state index is 0.129. The van der Waals surface area contributed by atoms with Crippen LogP contribution in [0.4, 0.5) is 0 Å². The van der Waals surface area contributed by atoms with Crippen LogP contribution in [0.15, 0.2) is 18.2 Å². The summed E-state index contributed by atoms with van der Waals surface area (Å²) in [6.45, 7) is 4.69. The van der Waals surface area contributed by atoms with E-state index in [9.17, 15) is 4.79 Å². The molecule has 94 valence electrons. The highest BCUT2D eigenvalue weighted by atomic mass is 16.2. The van der Waals surface area contributed by atoms with Crippen molar-refractivity contribution in [3.63, 3.8) is 0 Å². The summed E-state index contributed by atoms with van der Waals surface area (Å²) in [5.41, 5.74) is 2.48. The molecule has 2 rings (SSSR count). The van der Waals surface area contributed by atoms with Crippen molar-refractivity contribution in [3.8, 4) is 0 Å². The number of benzene rings is 1. The van der Waals surface area contributed by atoms with Crippen LogP contribution >= 0.6 is 0 Å². The van der Waals surface area contributed by atoms with E-state index in [4.69, 9.17) is 0 Å². The summed E-state index contributed by atoms with van der Waals surface area (Å²) in [6.07, 6.45) is 1.99. The number of carbonyl (C=O) groups excluding carboxylic acids is 1. The van der Waals surface area contributed by atoms with Gasteiger partial charge in [0, 0.05) is 6.54 Å². The lowest BCUT2D eigenvalue weighted by Gasteiger charge is -2.03. The first-order chi connectivity index (χ1) is 8.70. The third kappa shape index (κ3) is 2.80. The number of hydrogen-bond acceptors (Lipinski definition) is 4. The maximum Gasteiger partial charge on any atom is 0.291 e. The minimum atomic E-state index is -0.264. The van der Waals surface area contributed by atoms with E-state index in [0.717, 1.165) is 18.4 Å². The van der Waals surface area contributed by atoms with Gasteiger partial charge in [-0.05, 0) is 31.0 Å². The zero-order valence-corrected chi connectivity index (χ0v) is 10.6. The molecule has 1 aromatic carbocycles. The highest BCUT2D eigenvalue weighted by Crippen LogP contribution is 2.10. The van der Waals surface area contributed by atoms with Crippen molar-refractivity contribution in [1.29, 1.82) is 0 Å². The van der Waals surface area contributed by atoms with Crippen LogP contribution in [0.5, 0.6) is 0 Å². The number of unbranched alkanes of at least 4 members (excludes halogenated alkanes) is 1. The molecule has 0 saturated carbocycles. The van der Waals surface area contributed by atoms with E-state index in [2.05, 4.69) is 27.4 Å². The molecule has 0 unspecified atom stereocenters. The maximum atomic E-state index is 11.8. The van der Waals surface area contributed by atoms with Crippen molar-refractivity contribution in [2.24, 2.45) is 0 Å². The summed E-state index contributed by atoms with van der Waals surface area (Å²) in [6, 6.07) is 5.69. The number of nitrogens with zero attached hydrogens (tertiary/aromatic N) is 3. The lowest BCUT2D eigenvalue weighted by Crippen LogP contribution is -2.26. The molecule has 2 aromatic rings. The topological polar surface area (TPSA) is 67.8 Å². The Bertz CT molecular complexity index is 568. The van der Waals surface area contributed by atoms with Gasteiger partial charge in [-0.25, -0.2) is 4.98 Å². The van der Waals surface area contributed by atoms with Crippen LogP contribution in [0.25, 0.3) is 11.0 Å². The van der Waals surface area contributed by atoms with Gasteiger partial charge in [0.2, 0.25) is 5.82 Å². The highest BCUT2D eigenvalue weighted by Gasteiger charge is 2.10. The summed E-state index contributed by atoms with van der Waals surface area (Å²) in [5.74, 6) is -0.136. The van der Waals surface area contributed by atoms with Crippen molar-refractivity contribution in [2.75, 3.05) is 6.54 Å². The van der Waals surface area contributed by atoms with Crippen LogP contribution in [0.1, 0.15) is 35.9 Å². The van der Waals surface area contributed by atoms with Gasteiger partial charge in [0.1, 0.15) is 5.52 Å². The molecule has 0 fully saturated rings. The van der Waals surface area contributed by atoms with Crippen LogP contribution in [0.3, 0.4) is 0 Å². The van der Waals surface area contributed by atoms with Crippen molar-refractivity contribution < 1.29 is 4.79 Å². The van der Waals surface area contributed by atoms with Gasteiger partial charge >= 0.3 is 0 Å². The Hall–Kier alpha value is -2.04. The second-order valence-electron chi connectivity index (χ2n) is 4.24. The zero-order chi connectivity index (χ0) is 13.0. The molecule has 1 amide bonds. The zero-order valence-electron chi connectivity index (χ0n) is 10.6. The van der Waals surface area contributed by atoms with Gasteiger partial charge in [0.05, 0.1) is 5.52 Å². The molecule has 0 saturated heterocycles. The first-order valence-electron chi connectivity index (χ1n) is 6.10. The van der Waals surface area contributed by atoms with E-state index in [1.807, 2.05) is 25.1 Å². The van der Waals surface area contributed by atoms with Crippen LogP contribution in [0, 0.1) is 6.92 Å². The van der Waals surface area contributed by atoms with E-state index in [1.54, 1.807) is 0 Å². The van der Waals surface area contributed by atoms with Gasteiger partial charge in [-0.3, -0.25) is 4.79 Å². The molecule has 0 aliphatic heterocycles. The predicted molar refractivity (Wildman–Crippen MR) is 69.3 cm³/mol. The van der Waals surface area contributed by atoms with Crippen molar-refractivity contribution >= 4 is 16.9 Å². The number of amides is 1. The Balaban J connectivity index is 2.21. The Morgan fingerprint density at radius 2 is 2.11 bits per heavy atom. The molecular weight excluding hydrogens is 228 g/mol. The quantitative estimate of drug-likeness (QED) is 0.833. The Morgan fingerprint density at radius 3 is 2.89 bits per heavy atom. The summed E-state index contributed by atoms with van der Waals surface area (Å²) in [4.78, 5) is 16.0. The maximum absolute atomic E-state index is 11.8. The van der Waals surface area contributed by atoms with Crippen molar-refractivity contribution in [1.82, 2.24) is 20.5 Å². The van der Waals surface area contributed by atoms with Crippen molar-refractivity contribution in [2.45, 2.75) is 26.7 Å². The number of hydrogen-bond donors (Lipinski definition) is 1. The number of aromatic nitrogens is 3. The average Bonchev–Trinajstić information content (AvgIpc) is 2.38. The third-order valence-electron chi connectivity index (χ3n) is 2.63. The van der Waals surface area contributed by atoms with Gasteiger partial charge < -0.3 is 5.32 Å². The van der Waals surface area contributed by atoms with E-state index in [-0.39, 0.29) is 11.7 Å². The highest BCUT2D eigenvalue weighted by molar-refractivity contribution is 5.91. The summed E-state index contributed by atoms with van der Waals surface area (Å²) >= 11 is 0. The molecule has 5 nitrogen and oxygen atoms in total. The average molecular weight is 244 g/mol. The summed E-state index contributed by atoms with van der Waals surface area (Å²) in [5, 5.41) is 10.6. The molecule has 1 aromatic heterocycles. The van der Waals surface area contributed by atoms with E-state index >= 15 is 0 Å². The predicted octanol–water partition coefficient (Wildman–Crippen LogP) is 1.86. The first kappa shape index (κ1) is 12.4. The first-order valence-corrected chi connectivity index (χ1v) is 6.10. The molecule has 0 atom stereocenters. The van der Waals surface area contributed by atoms with Crippen LogP contribution in [0.2, 0.25) is 0 Å². The van der Waals surface area contributed by atoms with Gasteiger partial charge in [-0.1, -0.05) is 19.4 Å². The number of aryl methyl sites for hydroxylation is 1. The molecular formula is C13H16N4O. The third-order valence-corrected chi connectivity index (χ3v) is 2.63. The Labute approximate surface area is 106 Å². The molecule has 0 aliphatic carbocycles. The number of nitrogens with one attached hydrogen (secondary N) is 1. The van der Waals surface area contributed by atoms with E-state index < -0.39 is 0 Å². The lowest BCUT2D eigenvalue weighted by atomic mass is 10.2. The monoisotopic (exact) mass is 244 g/mol. The van der Waals surface area contributed by atoms with Gasteiger partial charge in [0.15, 0.2) is 0 Å². The van der Waals surface area contributed by atoms with E-state index in [1.165, 1.54) is 0 Å². The van der Waals surface area contributed by atoms with Gasteiger partial charge in [-0.15, -0.1) is 10.2 Å². The Morgan fingerprint density at radius 1 is 1.28 bits per heavy atom. The second kappa shape index (κ2) is 5.53. The molecule has 1 heterocycles. The lowest BCUT2D eigenvalue weighted by molar-refractivity contribution is 0.0942. The van der Waals surface area contributed by atoms with Crippen LogP contribution < -0.4 is 5.32 Å². The number of fused-ring (bicyclic) bond motifs is 1. The minimum Gasteiger partial charge on any atom is -0.349 e. The number of rotatable bonds is 4. The molecule has 1 N–H and O–H groups in total. The molecule has 0 spiro atoms. The fraction of sp³-hybridized carbons (Fsp3) is 0.385. The van der Waals surface area contributed by atoms with Crippen LogP contribution in [-0.2, 0) is 0 Å². The molecule has 0 radical (unpaired) electrons. The SMILES string of the molecule is CCCCNC(=O)c1nnc2ccc(C)cc2n1. The summed E-state index contributed by atoms with van der Waals surface area (Å²) < 4.78 is 0. The smallest absolute Gasteiger partial charge is 0.291 e. The molecule has 5 heteroatoms. The number of carbonyl (C=O) groups is 1. The molecule has 0 bridgehead atoms. The van der Waals surface area contributed by atoms with Gasteiger partial charge in [-0.2, -0.15) is 0 Å².